The fourth-order valence-electron chi connectivity index (χ4n) is 3.83. The van der Waals surface area contributed by atoms with Crippen molar-refractivity contribution in [2.24, 2.45) is 5.92 Å². The molecular weight excluding hydrogens is 224 g/mol. The molecule has 3 rings (SSSR count). The molecule has 2 heterocycles. The Bertz CT molecular complexity index is 295. The van der Waals surface area contributed by atoms with Crippen molar-refractivity contribution in [1.29, 1.82) is 0 Å². The fourth-order valence-corrected chi connectivity index (χ4v) is 3.83. The summed E-state index contributed by atoms with van der Waals surface area (Å²) in [5, 5.41) is 3.42. The highest BCUT2D eigenvalue weighted by Gasteiger charge is 2.36. The van der Waals surface area contributed by atoms with Gasteiger partial charge < -0.3 is 5.32 Å². The maximum atomic E-state index is 12.4. The lowest BCUT2D eigenvalue weighted by Gasteiger charge is -2.36. The van der Waals surface area contributed by atoms with Gasteiger partial charge in [-0.05, 0) is 51.2 Å². The Morgan fingerprint density at radius 2 is 1.83 bits per heavy atom. The fraction of sp³-hybridized carbons (Fsp3) is 0.933. The molecule has 0 amide bonds. The lowest BCUT2D eigenvalue weighted by Crippen LogP contribution is -2.48. The molecule has 0 bridgehead atoms. The average Bonchev–Trinajstić information content (AvgIpc) is 2.84. The van der Waals surface area contributed by atoms with E-state index in [4.69, 9.17) is 0 Å². The van der Waals surface area contributed by atoms with Crippen LogP contribution in [-0.4, -0.2) is 42.4 Å². The predicted octanol–water partition coefficient (Wildman–Crippen LogP) is 1.96. The monoisotopic (exact) mass is 250 g/mol. The minimum absolute atomic E-state index is 0.272. The molecule has 2 saturated heterocycles. The molecule has 1 aliphatic carbocycles. The second-order valence-corrected chi connectivity index (χ2v) is 6.34. The second-order valence-electron chi connectivity index (χ2n) is 6.34. The van der Waals surface area contributed by atoms with Crippen molar-refractivity contribution in [2.45, 2.75) is 63.5 Å². The third kappa shape index (κ3) is 2.62. The van der Waals surface area contributed by atoms with Gasteiger partial charge in [0.1, 0.15) is 5.78 Å². The molecule has 3 nitrogen and oxygen atoms in total. The van der Waals surface area contributed by atoms with E-state index in [0.717, 1.165) is 38.4 Å². The second kappa shape index (κ2) is 5.70. The van der Waals surface area contributed by atoms with E-state index in [1.54, 1.807) is 0 Å². The zero-order valence-corrected chi connectivity index (χ0v) is 11.4. The summed E-state index contributed by atoms with van der Waals surface area (Å²) in [7, 11) is 0. The lowest BCUT2D eigenvalue weighted by atomic mass is 9.80. The van der Waals surface area contributed by atoms with Gasteiger partial charge in [-0.3, -0.25) is 9.69 Å². The minimum Gasteiger partial charge on any atom is -0.317 e. The van der Waals surface area contributed by atoms with E-state index < -0.39 is 0 Å². The lowest BCUT2D eigenvalue weighted by molar-refractivity contribution is -0.125. The van der Waals surface area contributed by atoms with Gasteiger partial charge in [-0.2, -0.15) is 0 Å². The molecule has 1 saturated carbocycles. The van der Waals surface area contributed by atoms with E-state index in [9.17, 15) is 4.79 Å². The number of hydrogen-bond donors (Lipinski definition) is 1. The molecule has 3 aliphatic rings. The van der Waals surface area contributed by atoms with Gasteiger partial charge in [0.05, 0.1) is 6.04 Å². The molecule has 2 aliphatic heterocycles. The molecule has 3 fully saturated rings. The van der Waals surface area contributed by atoms with Gasteiger partial charge in [0.15, 0.2) is 0 Å². The largest absolute Gasteiger partial charge is 0.317 e. The number of hydrogen-bond acceptors (Lipinski definition) is 3. The van der Waals surface area contributed by atoms with Crippen molar-refractivity contribution >= 4 is 5.78 Å². The Labute approximate surface area is 110 Å². The van der Waals surface area contributed by atoms with Crippen molar-refractivity contribution in [2.75, 3.05) is 19.6 Å². The molecule has 0 spiro atoms. The van der Waals surface area contributed by atoms with E-state index in [-0.39, 0.29) is 6.04 Å². The zero-order chi connectivity index (χ0) is 12.4. The minimum atomic E-state index is 0.272. The van der Waals surface area contributed by atoms with Crippen molar-refractivity contribution < 1.29 is 4.79 Å². The molecule has 18 heavy (non-hydrogen) atoms. The summed E-state index contributed by atoms with van der Waals surface area (Å²) in [6.07, 6.45) is 9.62. The maximum absolute atomic E-state index is 12.4. The molecule has 0 aromatic carbocycles. The third-order valence-electron chi connectivity index (χ3n) is 5.16. The predicted molar refractivity (Wildman–Crippen MR) is 72.6 cm³/mol. The van der Waals surface area contributed by atoms with Crippen LogP contribution in [0.5, 0.6) is 0 Å². The molecule has 1 atom stereocenters. The van der Waals surface area contributed by atoms with E-state index in [1.165, 1.54) is 38.5 Å². The topological polar surface area (TPSA) is 32.3 Å². The van der Waals surface area contributed by atoms with E-state index >= 15 is 0 Å². The van der Waals surface area contributed by atoms with Crippen molar-refractivity contribution in [3.8, 4) is 0 Å². The number of carbonyl (C=O) groups excluding carboxylic acids is 1. The molecule has 0 aromatic heterocycles. The number of nitrogens with zero attached hydrogens (tertiary/aromatic N) is 1. The summed E-state index contributed by atoms with van der Waals surface area (Å²) in [5.74, 6) is 1.28. The van der Waals surface area contributed by atoms with Crippen LogP contribution in [0.15, 0.2) is 0 Å². The number of ketones is 1. The van der Waals surface area contributed by atoms with Crippen molar-refractivity contribution in [3.63, 3.8) is 0 Å². The average molecular weight is 250 g/mol. The van der Waals surface area contributed by atoms with Crippen molar-refractivity contribution in [1.82, 2.24) is 10.2 Å². The summed E-state index contributed by atoms with van der Waals surface area (Å²) in [5.41, 5.74) is 0. The smallest absolute Gasteiger partial charge is 0.150 e. The standard InChI is InChI=1S/C15H26N2O/c18-15(11-12-3-1-4-12)14-5-2-10-17(14)13-6-8-16-9-7-13/h12-14,16H,1-11H2. The molecule has 0 radical (unpaired) electrons. The van der Waals surface area contributed by atoms with Crippen LogP contribution in [-0.2, 0) is 4.79 Å². The summed E-state index contributed by atoms with van der Waals surface area (Å²) in [6, 6.07) is 0.942. The number of Topliss-reactive ketones (excluding diaryl/α,β-unsaturated/α-hetero) is 1. The van der Waals surface area contributed by atoms with Crippen LogP contribution in [0.4, 0.5) is 0 Å². The summed E-state index contributed by atoms with van der Waals surface area (Å²) in [4.78, 5) is 15.0. The SMILES string of the molecule is O=C(CC1CCC1)C1CCCN1C1CCNCC1. The van der Waals surface area contributed by atoms with Crippen LogP contribution < -0.4 is 5.32 Å². The Kier molecular flexibility index (Phi) is 4.00. The van der Waals surface area contributed by atoms with E-state index in [2.05, 4.69) is 10.2 Å². The van der Waals surface area contributed by atoms with Gasteiger partial charge in [-0.15, -0.1) is 0 Å². The Morgan fingerprint density at radius 3 is 2.50 bits per heavy atom. The van der Waals surface area contributed by atoms with Gasteiger partial charge >= 0.3 is 0 Å². The first-order valence-corrected chi connectivity index (χ1v) is 7.84. The van der Waals surface area contributed by atoms with Crippen LogP contribution in [0.3, 0.4) is 0 Å². The third-order valence-corrected chi connectivity index (χ3v) is 5.16. The summed E-state index contributed by atoms with van der Waals surface area (Å²) >= 11 is 0. The highest BCUT2D eigenvalue weighted by molar-refractivity contribution is 5.84. The van der Waals surface area contributed by atoms with Crippen LogP contribution in [0, 0.1) is 5.92 Å². The van der Waals surface area contributed by atoms with Crippen LogP contribution >= 0.6 is 0 Å². The quantitative estimate of drug-likeness (QED) is 0.828. The summed E-state index contributed by atoms with van der Waals surface area (Å²) < 4.78 is 0. The first-order chi connectivity index (χ1) is 8.84. The summed E-state index contributed by atoms with van der Waals surface area (Å²) in [6.45, 7) is 3.42. The van der Waals surface area contributed by atoms with Gasteiger partial charge in [0.25, 0.3) is 0 Å². The number of carbonyl (C=O) groups is 1. The molecular formula is C15H26N2O. The number of nitrogens with one attached hydrogen (secondary N) is 1. The molecule has 1 N–H and O–H groups in total. The Balaban J connectivity index is 1.57. The van der Waals surface area contributed by atoms with Gasteiger partial charge in [-0.25, -0.2) is 0 Å². The van der Waals surface area contributed by atoms with Gasteiger partial charge in [-0.1, -0.05) is 19.3 Å². The zero-order valence-electron chi connectivity index (χ0n) is 11.4. The maximum Gasteiger partial charge on any atom is 0.150 e. The van der Waals surface area contributed by atoms with Gasteiger partial charge in [0, 0.05) is 12.5 Å². The molecule has 3 heteroatoms. The van der Waals surface area contributed by atoms with Crippen molar-refractivity contribution in [3.05, 3.63) is 0 Å². The van der Waals surface area contributed by atoms with Gasteiger partial charge in [0.2, 0.25) is 0 Å². The van der Waals surface area contributed by atoms with Crippen LogP contribution in [0.2, 0.25) is 0 Å². The molecule has 102 valence electrons. The van der Waals surface area contributed by atoms with Crippen LogP contribution in [0.25, 0.3) is 0 Å². The number of rotatable bonds is 4. The van der Waals surface area contributed by atoms with E-state index in [0.29, 0.717) is 11.8 Å². The van der Waals surface area contributed by atoms with E-state index in [1.807, 2.05) is 0 Å². The highest BCUT2D eigenvalue weighted by atomic mass is 16.1. The normalized spacial score (nSPS) is 31.4. The number of likely N-dealkylation sites (tertiary alicyclic amines) is 1. The first kappa shape index (κ1) is 12.6. The Hall–Kier alpha value is -0.410. The number of piperidine rings is 1. The molecule has 1 unspecified atom stereocenters. The first-order valence-electron chi connectivity index (χ1n) is 7.84. The molecule has 0 aromatic rings. The van der Waals surface area contributed by atoms with Crippen LogP contribution in [0.1, 0.15) is 51.4 Å². The highest BCUT2D eigenvalue weighted by Crippen LogP contribution is 2.32. The Morgan fingerprint density at radius 1 is 1.06 bits per heavy atom.